The number of carbonyl (C=O) groups is 1. The van der Waals surface area contributed by atoms with Gasteiger partial charge in [-0.25, -0.2) is 8.42 Å². The summed E-state index contributed by atoms with van der Waals surface area (Å²) < 4.78 is 66.6. The van der Waals surface area contributed by atoms with E-state index in [1.54, 1.807) is 23.1 Å². The molecule has 2 aromatic carbocycles. The van der Waals surface area contributed by atoms with Crippen LogP contribution in [0.4, 0.5) is 18.9 Å². The molecule has 0 saturated carbocycles. The van der Waals surface area contributed by atoms with E-state index in [1.807, 2.05) is 11.9 Å². The van der Waals surface area contributed by atoms with E-state index >= 15 is 0 Å². The molecule has 2 aromatic rings. The fraction of sp³-hybridized carbons (Fsp3) is 0.435. The molecule has 0 aromatic heterocycles. The summed E-state index contributed by atoms with van der Waals surface area (Å²) in [6, 6.07) is 11.2. The predicted molar refractivity (Wildman–Crippen MR) is 122 cm³/mol. The maximum absolute atomic E-state index is 13.1. The van der Waals surface area contributed by atoms with Crippen LogP contribution in [0.1, 0.15) is 15.9 Å². The van der Waals surface area contributed by atoms with Crippen LogP contribution < -0.4 is 4.90 Å². The Morgan fingerprint density at radius 1 is 0.853 bits per heavy atom. The van der Waals surface area contributed by atoms with Crippen molar-refractivity contribution in [3.05, 3.63) is 59.7 Å². The summed E-state index contributed by atoms with van der Waals surface area (Å²) in [6.07, 6.45) is -4.41. The van der Waals surface area contributed by atoms with Gasteiger partial charge < -0.3 is 14.7 Å². The number of sulfonamides is 1. The van der Waals surface area contributed by atoms with Gasteiger partial charge in [-0.05, 0) is 43.4 Å². The van der Waals surface area contributed by atoms with Gasteiger partial charge >= 0.3 is 6.18 Å². The Morgan fingerprint density at radius 2 is 1.50 bits per heavy atom. The summed E-state index contributed by atoms with van der Waals surface area (Å²) in [5.74, 6) is -0.292. The predicted octanol–water partition coefficient (Wildman–Crippen LogP) is 2.60. The van der Waals surface area contributed by atoms with Crippen LogP contribution in [0.15, 0.2) is 53.4 Å². The highest BCUT2D eigenvalue weighted by Gasteiger charge is 2.32. The van der Waals surface area contributed by atoms with Crippen molar-refractivity contribution >= 4 is 21.6 Å². The van der Waals surface area contributed by atoms with E-state index in [9.17, 15) is 26.4 Å². The molecule has 0 atom stereocenters. The maximum atomic E-state index is 13.1. The minimum atomic E-state index is -4.41. The molecule has 7 nitrogen and oxygen atoms in total. The van der Waals surface area contributed by atoms with Crippen LogP contribution in [0.25, 0.3) is 0 Å². The Kier molecular flexibility index (Phi) is 6.88. The summed E-state index contributed by atoms with van der Waals surface area (Å²) in [6.45, 7) is 3.50. The number of anilines is 1. The van der Waals surface area contributed by atoms with Gasteiger partial charge in [-0.2, -0.15) is 17.5 Å². The largest absolute Gasteiger partial charge is 0.416 e. The molecule has 2 aliphatic heterocycles. The molecule has 0 bridgehead atoms. The summed E-state index contributed by atoms with van der Waals surface area (Å²) in [5, 5.41) is 0. The number of halogens is 3. The van der Waals surface area contributed by atoms with Crippen LogP contribution in [0.3, 0.4) is 0 Å². The number of carbonyl (C=O) groups excluding carboxylic acids is 1. The van der Waals surface area contributed by atoms with Crippen LogP contribution in [-0.2, 0) is 16.2 Å². The van der Waals surface area contributed by atoms with Gasteiger partial charge in [0.25, 0.3) is 5.91 Å². The third-order valence-corrected chi connectivity index (χ3v) is 8.18. The zero-order valence-corrected chi connectivity index (χ0v) is 19.6. The first kappa shape index (κ1) is 24.5. The molecule has 4 rings (SSSR count). The first-order chi connectivity index (χ1) is 16.1. The highest BCUT2D eigenvalue weighted by molar-refractivity contribution is 7.89. The van der Waals surface area contributed by atoms with Gasteiger partial charge in [0.1, 0.15) is 0 Å². The van der Waals surface area contributed by atoms with Crippen LogP contribution in [-0.4, -0.2) is 87.8 Å². The number of nitrogens with zero attached hydrogens (tertiary/aromatic N) is 4. The molecule has 2 saturated heterocycles. The Hall–Kier alpha value is -2.63. The summed E-state index contributed by atoms with van der Waals surface area (Å²) in [4.78, 5) is 18.6. The van der Waals surface area contributed by atoms with Gasteiger partial charge in [0.15, 0.2) is 0 Å². The van der Waals surface area contributed by atoms with E-state index in [1.165, 1.54) is 22.5 Å². The Bertz CT molecular complexity index is 1140. The summed E-state index contributed by atoms with van der Waals surface area (Å²) in [7, 11) is -1.76. The van der Waals surface area contributed by atoms with E-state index in [0.717, 1.165) is 12.1 Å². The van der Waals surface area contributed by atoms with Crippen LogP contribution in [0.2, 0.25) is 0 Å². The van der Waals surface area contributed by atoms with Crippen molar-refractivity contribution in [3.8, 4) is 0 Å². The second-order valence-corrected chi connectivity index (χ2v) is 10.5. The van der Waals surface area contributed by atoms with Crippen molar-refractivity contribution in [1.82, 2.24) is 14.1 Å². The van der Waals surface area contributed by atoms with E-state index in [0.29, 0.717) is 58.0 Å². The quantitative estimate of drug-likeness (QED) is 0.651. The molecule has 0 aliphatic carbocycles. The molecule has 34 heavy (non-hydrogen) atoms. The number of amides is 1. The fourth-order valence-electron chi connectivity index (χ4n) is 4.20. The number of rotatable bonds is 4. The SMILES string of the molecule is CN1CCN(S(=O)(=O)c2cccc(C(=O)N3CCN(c4cccc(C(F)(F)F)c4)CC3)c2)CC1. The van der Waals surface area contributed by atoms with Crippen molar-refractivity contribution < 1.29 is 26.4 Å². The number of likely N-dealkylation sites (N-methyl/N-ethyl adjacent to an activating group) is 1. The van der Waals surface area contributed by atoms with Crippen LogP contribution in [0, 0.1) is 0 Å². The minimum absolute atomic E-state index is 0.0884. The molecular weight excluding hydrogens is 469 g/mol. The molecule has 0 N–H and O–H groups in total. The van der Waals surface area contributed by atoms with Crippen molar-refractivity contribution in [1.29, 1.82) is 0 Å². The van der Waals surface area contributed by atoms with Crippen molar-refractivity contribution in [2.24, 2.45) is 0 Å². The van der Waals surface area contributed by atoms with Gasteiger partial charge in [-0.15, -0.1) is 0 Å². The lowest BCUT2D eigenvalue weighted by Gasteiger charge is -2.36. The Labute approximate surface area is 197 Å². The average molecular weight is 497 g/mol. The Balaban J connectivity index is 1.43. The van der Waals surface area contributed by atoms with E-state index < -0.39 is 21.8 Å². The standard InChI is InChI=1S/C23H27F3N4O3S/c1-27-8-14-30(15-9-27)34(32,33)21-7-2-4-18(16-21)22(31)29-12-10-28(11-13-29)20-6-3-5-19(17-20)23(24,25)26/h2-7,16-17H,8-15H2,1H3. The average Bonchev–Trinajstić information content (AvgIpc) is 2.83. The number of hydrogen-bond acceptors (Lipinski definition) is 5. The number of hydrogen-bond donors (Lipinski definition) is 0. The molecule has 0 radical (unpaired) electrons. The van der Waals surface area contributed by atoms with Gasteiger partial charge in [0.2, 0.25) is 10.0 Å². The zero-order valence-electron chi connectivity index (χ0n) is 18.8. The molecule has 2 aliphatic rings. The molecule has 0 spiro atoms. The molecular formula is C23H27F3N4O3S. The second kappa shape index (κ2) is 9.55. The van der Waals surface area contributed by atoms with E-state index in [2.05, 4.69) is 4.90 Å². The fourth-order valence-corrected chi connectivity index (χ4v) is 5.66. The van der Waals surface area contributed by atoms with Crippen molar-refractivity contribution in [2.45, 2.75) is 11.1 Å². The van der Waals surface area contributed by atoms with Gasteiger partial charge in [0.05, 0.1) is 10.5 Å². The normalized spacial score (nSPS) is 18.8. The van der Waals surface area contributed by atoms with Crippen molar-refractivity contribution in [2.75, 3.05) is 64.3 Å². The lowest BCUT2D eigenvalue weighted by Crippen LogP contribution is -2.49. The molecule has 0 unspecified atom stereocenters. The molecule has 2 fully saturated rings. The van der Waals surface area contributed by atoms with Gasteiger partial charge in [0, 0.05) is 63.6 Å². The van der Waals surface area contributed by atoms with E-state index in [4.69, 9.17) is 0 Å². The second-order valence-electron chi connectivity index (χ2n) is 8.56. The molecule has 184 valence electrons. The van der Waals surface area contributed by atoms with Gasteiger partial charge in [-0.3, -0.25) is 4.79 Å². The summed E-state index contributed by atoms with van der Waals surface area (Å²) in [5.41, 5.74) is 0.0341. The smallest absolute Gasteiger partial charge is 0.368 e. The van der Waals surface area contributed by atoms with Crippen LogP contribution >= 0.6 is 0 Å². The summed E-state index contributed by atoms with van der Waals surface area (Å²) >= 11 is 0. The lowest BCUT2D eigenvalue weighted by molar-refractivity contribution is -0.137. The first-order valence-corrected chi connectivity index (χ1v) is 12.5. The van der Waals surface area contributed by atoms with E-state index in [-0.39, 0.29) is 16.4 Å². The number of alkyl halides is 3. The molecule has 11 heteroatoms. The highest BCUT2D eigenvalue weighted by atomic mass is 32.2. The van der Waals surface area contributed by atoms with Crippen molar-refractivity contribution in [3.63, 3.8) is 0 Å². The van der Waals surface area contributed by atoms with Crippen LogP contribution in [0.5, 0.6) is 0 Å². The minimum Gasteiger partial charge on any atom is -0.368 e. The number of piperazine rings is 2. The third kappa shape index (κ3) is 5.21. The topological polar surface area (TPSA) is 64.2 Å². The third-order valence-electron chi connectivity index (χ3n) is 6.29. The van der Waals surface area contributed by atoms with Gasteiger partial charge in [-0.1, -0.05) is 12.1 Å². The lowest BCUT2D eigenvalue weighted by atomic mass is 10.1. The highest BCUT2D eigenvalue weighted by Crippen LogP contribution is 2.32. The maximum Gasteiger partial charge on any atom is 0.416 e. The molecule has 2 heterocycles. The Morgan fingerprint density at radius 3 is 2.15 bits per heavy atom. The monoisotopic (exact) mass is 496 g/mol. The zero-order chi connectivity index (χ0) is 24.5. The first-order valence-electron chi connectivity index (χ1n) is 11.1. The number of benzene rings is 2. The molecule has 1 amide bonds.